The lowest BCUT2D eigenvalue weighted by molar-refractivity contribution is -0.141. The van der Waals surface area contributed by atoms with Gasteiger partial charge in [-0.05, 0) is 24.6 Å². The summed E-state index contributed by atoms with van der Waals surface area (Å²) >= 11 is 0. The van der Waals surface area contributed by atoms with E-state index in [9.17, 15) is 22.4 Å². The zero-order valence-electron chi connectivity index (χ0n) is 9.95. The van der Waals surface area contributed by atoms with Crippen molar-refractivity contribution in [1.29, 1.82) is 0 Å². The van der Waals surface area contributed by atoms with E-state index in [1.807, 2.05) is 0 Å². The van der Waals surface area contributed by atoms with Crippen LogP contribution >= 0.6 is 0 Å². The molecule has 20 heavy (non-hydrogen) atoms. The third-order valence-corrected chi connectivity index (χ3v) is 2.52. The molecule has 1 aromatic carbocycles. The van der Waals surface area contributed by atoms with Gasteiger partial charge in [-0.25, -0.2) is 14.2 Å². The molecule has 1 heterocycles. The van der Waals surface area contributed by atoms with Crippen molar-refractivity contribution in [2.45, 2.75) is 13.1 Å². The molecule has 8 heteroatoms. The summed E-state index contributed by atoms with van der Waals surface area (Å²) in [6, 6.07) is 3.36. The topological polar surface area (TPSA) is 63.3 Å². The average molecular weight is 289 g/mol. The molecule has 0 amide bonds. The number of carbonyl (C=O) groups is 1. The molecule has 0 atom stereocenters. The van der Waals surface area contributed by atoms with Crippen LogP contribution in [0.3, 0.4) is 0 Å². The van der Waals surface area contributed by atoms with Crippen molar-refractivity contribution in [3.63, 3.8) is 0 Å². The quantitative estimate of drug-likeness (QED) is 0.859. The second kappa shape index (κ2) is 4.62. The summed E-state index contributed by atoms with van der Waals surface area (Å²) in [6.45, 7) is 1.51. The molecule has 0 bridgehead atoms. The van der Waals surface area contributed by atoms with Gasteiger partial charge in [0, 0.05) is 5.56 Å². The first kappa shape index (κ1) is 14.0. The van der Waals surface area contributed by atoms with Gasteiger partial charge in [-0.15, -0.1) is 0 Å². The Morgan fingerprint density at radius 3 is 2.50 bits per heavy atom. The number of nitrogens with zero attached hydrogens (tertiary/aromatic N) is 1. The lowest BCUT2D eigenvalue weighted by Crippen LogP contribution is -2.11. The van der Waals surface area contributed by atoms with E-state index >= 15 is 0 Å². The van der Waals surface area contributed by atoms with Crippen LogP contribution in [-0.4, -0.2) is 16.1 Å². The van der Waals surface area contributed by atoms with E-state index in [2.05, 4.69) is 9.40 Å². The van der Waals surface area contributed by atoms with Crippen LogP contribution in [0.2, 0.25) is 0 Å². The highest BCUT2D eigenvalue weighted by Gasteiger charge is 2.41. The summed E-state index contributed by atoms with van der Waals surface area (Å²) in [4.78, 5) is 13.9. The number of carboxylic acid groups (broad SMARTS) is 1. The normalized spacial score (nSPS) is 11.7. The molecule has 0 radical (unpaired) electrons. The van der Waals surface area contributed by atoms with Gasteiger partial charge in [-0.2, -0.15) is 13.2 Å². The Balaban J connectivity index is 2.65. The van der Waals surface area contributed by atoms with Crippen molar-refractivity contribution in [3.05, 3.63) is 41.0 Å². The molecule has 0 saturated carbocycles. The van der Waals surface area contributed by atoms with Crippen LogP contribution in [0.5, 0.6) is 0 Å². The van der Waals surface area contributed by atoms with Gasteiger partial charge in [-0.3, -0.25) is 0 Å². The Morgan fingerprint density at radius 2 is 2.00 bits per heavy atom. The van der Waals surface area contributed by atoms with Crippen molar-refractivity contribution in [1.82, 2.24) is 4.98 Å². The zero-order chi connectivity index (χ0) is 15.1. The van der Waals surface area contributed by atoms with Crippen molar-refractivity contribution in [2.24, 2.45) is 0 Å². The maximum Gasteiger partial charge on any atom is 0.437 e. The summed E-state index contributed by atoms with van der Waals surface area (Å²) in [5, 5.41) is 8.71. The van der Waals surface area contributed by atoms with Crippen molar-refractivity contribution in [2.75, 3.05) is 0 Å². The first-order valence-electron chi connectivity index (χ1n) is 5.28. The summed E-state index contributed by atoms with van der Waals surface area (Å²) in [5.74, 6) is -4.51. The first-order chi connectivity index (χ1) is 9.20. The lowest BCUT2D eigenvalue weighted by Gasteiger charge is -2.01. The van der Waals surface area contributed by atoms with Crippen LogP contribution in [0.25, 0.3) is 11.5 Å². The third kappa shape index (κ3) is 2.49. The SMILES string of the molecule is Cc1ccc(F)cc1-c1nc(C(F)(F)F)c(C(=O)O)o1. The maximum atomic E-state index is 13.1. The van der Waals surface area contributed by atoms with Crippen LogP contribution < -0.4 is 0 Å². The minimum Gasteiger partial charge on any atom is -0.475 e. The summed E-state index contributed by atoms with van der Waals surface area (Å²) in [7, 11) is 0. The van der Waals surface area contributed by atoms with Gasteiger partial charge in [0.1, 0.15) is 5.82 Å². The molecular weight excluding hydrogens is 282 g/mol. The molecule has 0 saturated heterocycles. The molecule has 0 unspecified atom stereocenters. The number of aryl methyl sites for hydroxylation is 1. The van der Waals surface area contributed by atoms with E-state index < -0.39 is 35.3 Å². The third-order valence-electron chi connectivity index (χ3n) is 2.52. The highest BCUT2D eigenvalue weighted by atomic mass is 19.4. The number of oxazole rings is 1. The van der Waals surface area contributed by atoms with Gasteiger partial charge in [0.15, 0.2) is 5.69 Å². The standard InChI is InChI=1S/C12H7F4NO3/c1-5-2-3-6(13)4-7(5)10-17-9(12(14,15)16)8(20-10)11(18)19/h2-4H,1H3,(H,18,19). The lowest BCUT2D eigenvalue weighted by atomic mass is 10.1. The van der Waals surface area contributed by atoms with E-state index in [-0.39, 0.29) is 5.56 Å². The molecule has 106 valence electrons. The number of hydrogen-bond acceptors (Lipinski definition) is 3. The van der Waals surface area contributed by atoms with Crippen molar-refractivity contribution >= 4 is 5.97 Å². The van der Waals surface area contributed by atoms with E-state index in [1.165, 1.54) is 13.0 Å². The van der Waals surface area contributed by atoms with Crippen LogP contribution in [0.1, 0.15) is 21.8 Å². The molecule has 0 aliphatic rings. The number of benzene rings is 1. The van der Waals surface area contributed by atoms with Crippen LogP contribution in [0, 0.1) is 12.7 Å². The molecular formula is C12H7F4NO3. The Morgan fingerprint density at radius 1 is 1.35 bits per heavy atom. The van der Waals surface area contributed by atoms with E-state index in [1.54, 1.807) is 0 Å². The predicted octanol–water partition coefficient (Wildman–Crippen LogP) is 3.51. The van der Waals surface area contributed by atoms with Crippen LogP contribution in [0.15, 0.2) is 22.6 Å². The Labute approximate surface area is 109 Å². The second-order valence-electron chi connectivity index (χ2n) is 3.96. The molecule has 0 aliphatic heterocycles. The average Bonchev–Trinajstić information content (AvgIpc) is 2.77. The predicted molar refractivity (Wildman–Crippen MR) is 58.6 cm³/mol. The smallest absolute Gasteiger partial charge is 0.437 e. The number of aromatic nitrogens is 1. The molecule has 4 nitrogen and oxygen atoms in total. The van der Waals surface area contributed by atoms with Crippen LogP contribution in [-0.2, 0) is 6.18 Å². The number of hydrogen-bond donors (Lipinski definition) is 1. The molecule has 2 aromatic rings. The van der Waals surface area contributed by atoms with Crippen LogP contribution in [0.4, 0.5) is 17.6 Å². The summed E-state index contributed by atoms with van der Waals surface area (Å²) < 4.78 is 55.7. The highest BCUT2D eigenvalue weighted by Crippen LogP contribution is 2.35. The number of halogens is 4. The van der Waals surface area contributed by atoms with Gasteiger partial charge < -0.3 is 9.52 Å². The number of carboxylic acids is 1. The molecule has 0 fully saturated rings. The molecule has 1 aromatic heterocycles. The maximum absolute atomic E-state index is 13.1. The van der Waals surface area contributed by atoms with E-state index in [0.717, 1.165) is 12.1 Å². The van der Waals surface area contributed by atoms with Gasteiger partial charge in [0.2, 0.25) is 11.7 Å². The summed E-state index contributed by atoms with van der Waals surface area (Å²) in [6.07, 6.45) is -4.98. The molecule has 2 rings (SSSR count). The fourth-order valence-electron chi connectivity index (χ4n) is 1.60. The van der Waals surface area contributed by atoms with Gasteiger partial charge in [0.25, 0.3) is 0 Å². The highest BCUT2D eigenvalue weighted by molar-refractivity contribution is 5.86. The first-order valence-corrected chi connectivity index (χ1v) is 5.28. The Kier molecular flexibility index (Phi) is 3.24. The monoisotopic (exact) mass is 289 g/mol. The van der Waals surface area contributed by atoms with Crippen molar-refractivity contribution < 1.29 is 31.9 Å². The van der Waals surface area contributed by atoms with E-state index in [4.69, 9.17) is 5.11 Å². The summed E-state index contributed by atoms with van der Waals surface area (Å²) in [5.41, 5.74) is -1.29. The van der Waals surface area contributed by atoms with E-state index in [0.29, 0.717) is 5.56 Å². The van der Waals surface area contributed by atoms with Crippen molar-refractivity contribution in [3.8, 4) is 11.5 Å². The fourth-order valence-corrected chi connectivity index (χ4v) is 1.60. The fraction of sp³-hybridized carbons (Fsp3) is 0.167. The van der Waals surface area contributed by atoms with Gasteiger partial charge in [-0.1, -0.05) is 6.07 Å². The van der Waals surface area contributed by atoms with Gasteiger partial charge in [0.05, 0.1) is 0 Å². The minimum atomic E-state index is -4.98. The molecule has 0 aliphatic carbocycles. The minimum absolute atomic E-state index is 0.0389. The number of rotatable bonds is 2. The largest absolute Gasteiger partial charge is 0.475 e. The van der Waals surface area contributed by atoms with Gasteiger partial charge >= 0.3 is 12.1 Å². The second-order valence-corrected chi connectivity index (χ2v) is 3.96. The number of aromatic carboxylic acids is 1. The Hall–Kier alpha value is -2.38. The molecule has 1 N–H and O–H groups in total. The molecule has 0 spiro atoms. The zero-order valence-corrected chi connectivity index (χ0v) is 9.95. The Bertz CT molecular complexity index is 676. The number of alkyl halides is 3.